The summed E-state index contributed by atoms with van der Waals surface area (Å²) in [6.07, 6.45) is 1.63. The first kappa shape index (κ1) is 23.6. The fourth-order valence-corrected chi connectivity index (χ4v) is 1.93. The number of nitrogens with two attached hydrogens (primary N) is 1. The first-order valence-corrected chi connectivity index (χ1v) is 8.53. The third kappa shape index (κ3) is 8.63. The van der Waals surface area contributed by atoms with Gasteiger partial charge in [-0.05, 0) is 52.7 Å². The topological polar surface area (TPSA) is 94.5 Å². The van der Waals surface area contributed by atoms with Gasteiger partial charge in [-0.25, -0.2) is 5.01 Å². The summed E-state index contributed by atoms with van der Waals surface area (Å²) in [5.41, 5.74) is 10.9. The van der Waals surface area contributed by atoms with Crippen molar-refractivity contribution in [1.82, 2.24) is 10.4 Å². The maximum absolute atomic E-state index is 11.6. The second kappa shape index (κ2) is 9.93. The van der Waals surface area contributed by atoms with Crippen LogP contribution in [0.2, 0.25) is 0 Å². The third-order valence-electron chi connectivity index (χ3n) is 3.64. The van der Waals surface area contributed by atoms with Crippen molar-refractivity contribution >= 4 is 12.2 Å². The molecule has 0 aliphatic rings. The molecule has 144 valence electrons. The molecule has 1 amide bonds. The van der Waals surface area contributed by atoms with E-state index in [1.54, 1.807) is 13.4 Å². The zero-order chi connectivity index (χ0) is 20.5. The molecule has 6 heteroatoms. The van der Waals surface area contributed by atoms with E-state index in [2.05, 4.69) is 22.6 Å². The largest absolute Gasteiger partial charge is 0.369 e. The first-order chi connectivity index (χ1) is 11.8. The minimum atomic E-state index is -0.669. The van der Waals surface area contributed by atoms with Crippen LogP contribution in [0.15, 0.2) is 23.2 Å². The molecule has 6 nitrogen and oxygen atoms in total. The molecule has 0 aromatic heterocycles. The van der Waals surface area contributed by atoms with Crippen molar-refractivity contribution in [2.24, 2.45) is 16.1 Å². The van der Waals surface area contributed by atoms with Crippen LogP contribution in [0.1, 0.15) is 51.3 Å². The summed E-state index contributed by atoms with van der Waals surface area (Å²) < 4.78 is 0. The number of carbonyl (C=O) groups excluding carboxylic acids is 1. The van der Waals surface area contributed by atoms with Crippen LogP contribution in [0.25, 0.3) is 0 Å². The molecule has 0 aliphatic carbocycles. The number of hydrogen-bond acceptors (Lipinski definition) is 4. The predicted molar refractivity (Wildman–Crippen MR) is 107 cm³/mol. The number of amides is 1. The summed E-state index contributed by atoms with van der Waals surface area (Å²) in [7, 11) is 3.64. The van der Waals surface area contributed by atoms with Crippen LogP contribution in [0, 0.1) is 23.7 Å². The Balaban J connectivity index is 0.000000896. The van der Waals surface area contributed by atoms with E-state index in [9.17, 15) is 4.79 Å². The lowest BCUT2D eigenvalue weighted by Crippen LogP contribution is -2.36. The molecule has 1 rings (SSSR count). The highest BCUT2D eigenvalue weighted by Gasteiger charge is 2.27. The molecular weight excluding hydrogens is 326 g/mol. The van der Waals surface area contributed by atoms with Crippen molar-refractivity contribution in [2.45, 2.75) is 53.5 Å². The Hall–Kier alpha value is -2.39. The molecule has 0 saturated carbocycles. The lowest BCUT2D eigenvalue weighted by atomic mass is 9.82. The zero-order valence-corrected chi connectivity index (χ0v) is 17.3. The van der Waals surface area contributed by atoms with E-state index in [-0.39, 0.29) is 11.3 Å². The summed E-state index contributed by atoms with van der Waals surface area (Å²) >= 11 is 0. The van der Waals surface area contributed by atoms with E-state index in [1.807, 2.05) is 65.7 Å². The Morgan fingerprint density at radius 1 is 1.31 bits per heavy atom. The van der Waals surface area contributed by atoms with Gasteiger partial charge in [0, 0.05) is 26.1 Å². The molecule has 1 aromatic rings. The van der Waals surface area contributed by atoms with Crippen molar-refractivity contribution in [1.29, 1.82) is 5.26 Å². The van der Waals surface area contributed by atoms with Crippen molar-refractivity contribution < 1.29 is 4.79 Å². The van der Waals surface area contributed by atoms with Gasteiger partial charge in [-0.3, -0.25) is 9.79 Å². The molecule has 26 heavy (non-hydrogen) atoms. The Labute approximate surface area is 158 Å². The highest BCUT2D eigenvalue weighted by atomic mass is 16.1. The first-order valence-electron chi connectivity index (χ1n) is 8.53. The minimum Gasteiger partial charge on any atom is -0.369 e. The highest BCUT2D eigenvalue weighted by Crippen LogP contribution is 2.25. The standard InChI is InChI=1S/C15H24N4O.C5H9N/c1-11-6-12(9-19(5)18-10-17-4)8-13(7-11)15(2,3)14(16)20;1-5(2,3)4-6/h6-8,10H,9H2,1-5H3,(H2,16,20)(H,17,18);1-3H3. The van der Waals surface area contributed by atoms with E-state index < -0.39 is 5.41 Å². The van der Waals surface area contributed by atoms with Gasteiger partial charge in [0.1, 0.15) is 0 Å². The Morgan fingerprint density at radius 3 is 2.27 bits per heavy atom. The molecule has 0 fully saturated rings. The smallest absolute Gasteiger partial charge is 0.227 e. The van der Waals surface area contributed by atoms with Gasteiger partial charge in [-0.2, -0.15) is 5.26 Å². The molecular formula is C20H33N5O. The van der Waals surface area contributed by atoms with Crippen LogP contribution < -0.4 is 11.2 Å². The van der Waals surface area contributed by atoms with Gasteiger partial charge in [0.25, 0.3) is 0 Å². The third-order valence-corrected chi connectivity index (χ3v) is 3.64. The summed E-state index contributed by atoms with van der Waals surface area (Å²) in [5, 5.41) is 10.1. The molecule has 0 aliphatic heterocycles. The van der Waals surface area contributed by atoms with Gasteiger partial charge in [0.05, 0.1) is 17.8 Å². The SMILES string of the molecule is CC(C)(C)C#N.CN=CNN(C)Cc1cc(C)cc(C(C)(C)C(N)=O)c1. The van der Waals surface area contributed by atoms with E-state index in [0.717, 1.165) is 16.7 Å². The number of benzene rings is 1. The number of hydrogen-bond donors (Lipinski definition) is 2. The zero-order valence-electron chi connectivity index (χ0n) is 17.3. The van der Waals surface area contributed by atoms with Crippen LogP contribution in [-0.4, -0.2) is 31.3 Å². The van der Waals surface area contributed by atoms with E-state index in [4.69, 9.17) is 11.0 Å². The number of rotatable bonds is 6. The average Bonchev–Trinajstić information content (AvgIpc) is 2.52. The fourth-order valence-electron chi connectivity index (χ4n) is 1.93. The van der Waals surface area contributed by atoms with Gasteiger partial charge in [-0.15, -0.1) is 0 Å². The number of nitrogens with one attached hydrogen (secondary N) is 1. The second-order valence-corrected chi connectivity index (χ2v) is 7.93. The van der Waals surface area contributed by atoms with Crippen LogP contribution in [0.5, 0.6) is 0 Å². The Bertz CT molecular complexity index is 666. The Morgan fingerprint density at radius 2 is 1.85 bits per heavy atom. The monoisotopic (exact) mass is 359 g/mol. The van der Waals surface area contributed by atoms with Crippen LogP contribution in [0.3, 0.4) is 0 Å². The predicted octanol–water partition coefficient (Wildman–Crippen LogP) is 2.91. The van der Waals surface area contributed by atoms with Crippen LogP contribution >= 0.6 is 0 Å². The molecule has 1 aromatic carbocycles. The summed E-state index contributed by atoms with van der Waals surface area (Å²) in [5.74, 6) is -0.321. The summed E-state index contributed by atoms with van der Waals surface area (Å²) in [4.78, 5) is 15.5. The van der Waals surface area contributed by atoms with Crippen LogP contribution in [-0.2, 0) is 16.8 Å². The number of nitrogens with zero attached hydrogens (tertiary/aromatic N) is 3. The molecule has 0 bridgehead atoms. The Kier molecular flexibility index (Phi) is 9.02. The normalized spacial score (nSPS) is 11.7. The number of aliphatic imine (C=N–C) groups is 1. The number of hydrazine groups is 1. The molecule has 0 spiro atoms. The highest BCUT2D eigenvalue weighted by molar-refractivity contribution is 5.85. The van der Waals surface area contributed by atoms with Crippen LogP contribution in [0.4, 0.5) is 0 Å². The quantitative estimate of drug-likeness (QED) is 0.464. The molecule has 0 radical (unpaired) electrons. The number of carbonyl (C=O) groups is 1. The maximum atomic E-state index is 11.6. The summed E-state index contributed by atoms with van der Waals surface area (Å²) in [6.45, 7) is 12.1. The van der Waals surface area contributed by atoms with Gasteiger partial charge in [0.2, 0.25) is 5.91 Å². The van der Waals surface area contributed by atoms with E-state index >= 15 is 0 Å². The van der Waals surface area contributed by atoms with Gasteiger partial charge in [0.15, 0.2) is 0 Å². The molecule has 0 atom stereocenters. The van der Waals surface area contributed by atoms with Crippen molar-refractivity contribution in [2.75, 3.05) is 14.1 Å². The number of aryl methyl sites for hydroxylation is 1. The maximum Gasteiger partial charge on any atom is 0.227 e. The summed E-state index contributed by atoms with van der Waals surface area (Å²) in [6, 6.07) is 8.24. The lowest BCUT2D eigenvalue weighted by molar-refractivity contribution is -0.122. The molecule has 0 unspecified atom stereocenters. The molecule has 0 saturated heterocycles. The lowest BCUT2D eigenvalue weighted by Gasteiger charge is -2.23. The number of primary amides is 1. The van der Waals surface area contributed by atoms with Gasteiger partial charge >= 0.3 is 0 Å². The van der Waals surface area contributed by atoms with Gasteiger partial charge < -0.3 is 11.2 Å². The van der Waals surface area contributed by atoms with Crippen molar-refractivity contribution in [3.63, 3.8) is 0 Å². The second-order valence-electron chi connectivity index (χ2n) is 7.93. The average molecular weight is 360 g/mol. The molecule has 3 N–H and O–H groups in total. The fraction of sp³-hybridized carbons (Fsp3) is 0.550. The van der Waals surface area contributed by atoms with Gasteiger partial charge in [-0.1, -0.05) is 23.8 Å². The van der Waals surface area contributed by atoms with Crippen molar-refractivity contribution in [3.8, 4) is 6.07 Å². The number of nitriles is 1. The van der Waals surface area contributed by atoms with Crippen molar-refractivity contribution in [3.05, 3.63) is 34.9 Å². The molecule has 0 heterocycles. The minimum absolute atomic E-state index is 0.153. The van der Waals surface area contributed by atoms with E-state index in [0.29, 0.717) is 6.54 Å². The van der Waals surface area contributed by atoms with E-state index in [1.165, 1.54) is 0 Å².